The molecule has 0 saturated heterocycles. The van der Waals surface area contributed by atoms with Gasteiger partial charge in [0.15, 0.2) is 12.4 Å². The first-order chi connectivity index (χ1) is 11.0. The molecule has 2 aromatic heterocycles. The molecule has 1 N–H and O–H groups in total. The number of fused-ring (bicyclic) bond motifs is 1. The first-order valence-electron chi connectivity index (χ1n) is 7.53. The number of nitrogens with one attached hydrogen (secondary N) is 1. The van der Waals surface area contributed by atoms with Crippen LogP contribution >= 0.6 is 11.3 Å². The molecule has 0 saturated carbocycles. The Morgan fingerprint density at radius 3 is 3.04 bits per heavy atom. The van der Waals surface area contributed by atoms with Crippen LogP contribution in [0.2, 0.25) is 0 Å². The summed E-state index contributed by atoms with van der Waals surface area (Å²) in [6.45, 7) is 3.60. The van der Waals surface area contributed by atoms with Gasteiger partial charge in [-0.15, -0.1) is 11.3 Å². The van der Waals surface area contributed by atoms with Gasteiger partial charge in [-0.25, -0.2) is 4.79 Å². The normalized spacial score (nSPS) is 16.7. The van der Waals surface area contributed by atoms with E-state index in [2.05, 4.69) is 17.4 Å². The summed E-state index contributed by atoms with van der Waals surface area (Å²) in [5, 5.41) is 6.15. The monoisotopic (exact) mass is 334 g/mol. The topological polar surface area (TPSA) is 81.4 Å². The Morgan fingerprint density at radius 1 is 1.48 bits per heavy atom. The number of nitrogens with zero attached hydrogens (tertiary/aromatic N) is 1. The van der Waals surface area contributed by atoms with Crippen molar-refractivity contribution in [3.8, 4) is 0 Å². The molecule has 0 radical (unpaired) electrons. The van der Waals surface area contributed by atoms with Gasteiger partial charge in [0.1, 0.15) is 10.6 Å². The largest absolute Gasteiger partial charge is 0.451 e. The number of thiophene rings is 1. The van der Waals surface area contributed by atoms with E-state index in [-0.39, 0.29) is 6.61 Å². The van der Waals surface area contributed by atoms with E-state index in [0.29, 0.717) is 22.4 Å². The highest BCUT2D eigenvalue weighted by atomic mass is 32.1. The average Bonchev–Trinajstić information content (AvgIpc) is 3.10. The number of ether oxygens (including phenoxy) is 1. The molecule has 1 aliphatic rings. The Labute approximate surface area is 137 Å². The summed E-state index contributed by atoms with van der Waals surface area (Å²) in [6, 6.07) is 3.49. The third kappa shape index (κ3) is 3.79. The highest BCUT2D eigenvalue weighted by molar-refractivity contribution is 7.14. The lowest BCUT2D eigenvalue weighted by Crippen LogP contribution is -2.20. The van der Waals surface area contributed by atoms with Gasteiger partial charge in [-0.3, -0.25) is 4.79 Å². The third-order valence-electron chi connectivity index (χ3n) is 3.76. The molecular formula is C16H18N2O4S. The quantitative estimate of drug-likeness (QED) is 0.869. The number of aryl methyl sites for hydroxylation is 2. The molecule has 23 heavy (non-hydrogen) atoms. The maximum absolute atomic E-state index is 12.1. The van der Waals surface area contributed by atoms with E-state index in [0.717, 1.165) is 19.3 Å². The van der Waals surface area contributed by atoms with Gasteiger partial charge in [-0.1, -0.05) is 12.1 Å². The number of hydrogen-bond donors (Lipinski definition) is 1. The highest BCUT2D eigenvalue weighted by Crippen LogP contribution is 2.32. The van der Waals surface area contributed by atoms with E-state index in [4.69, 9.17) is 9.26 Å². The summed E-state index contributed by atoms with van der Waals surface area (Å²) >= 11 is 1.47. The second-order valence-corrected chi connectivity index (χ2v) is 6.99. The Hall–Kier alpha value is -2.15. The molecule has 2 aromatic rings. The number of carbonyl (C=O) groups excluding carboxylic acids is 2. The van der Waals surface area contributed by atoms with Crippen molar-refractivity contribution in [1.82, 2.24) is 5.16 Å². The van der Waals surface area contributed by atoms with Crippen LogP contribution in [-0.2, 0) is 22.4 Å². The lowest BCUT2D eigenvalue weighted by Gasteiger charge is -2.16. The SMILES string of the molecule is Cc1cc(NC(=O)COC(=O)c2cc3c(s2)CC[C@@H](C)C3)no1. The van der Waals surface area contributed by atoms with Gasteiger partial charge in [0.25, 0.3) is 5.91 Å². The Morgan fingerprint density at radius 2 is 2.30 bits per heavy atom. The maximum Gasteiger partial charge on any atom is 0.348 e. The van der Waals surface area contributed by atoms with Crippen molar-refractivity contribution in [2.45, 2.75) is 33.1 Å². The van der Waals surface area contributed by atoms with Crippen LogP contribution in [0.4, 0.5) is 5.82 Å². The molecular weight excluding hydrogens is 316 g/mol. The fourth-order valence-electron chi connectivity index (χ4n) is 2.61. The molecule has 0 bridgehead atoms. The smallest absolute Gasteiger partial charge is 0.348 e. The van der Waals surface area contributed by atoms with E-state index >= 15 is 0 Å². The molecule has 1 atom stereocenters. The summed E-state index contributed by atoms with van der Waals surface area (Å²) in [5.41, 5.74) is 1.24. The summed E-state index contributed by atoms with van der Waals surface area (Å²) < 4.78 is 9.92. The number of amides is 1. The van der Waals surface area contributed by atoms with Gasteiger partial charge in [-0.2, -0.15) is 0 Å². The number of hydrogen-bond acceptors (Lipinski definition) is 6. The number of anilines is 1. The van der Waals surface area contributed by atoms with Gasteiger partial charge >= 0.3 is 5.97 Å². The van der Waals surface area contributed by atoms with Crippen molar-refractivity contribution in [3.63, 3.8) is 0 Å². The van der Waals surface area contributed by atoms with Crippen LogP contribution in [0.25, 0.3) is 0 Å². The van der Waals surface area contributed by atoms with Gasteiger partial charge in [0.2, 0.25) is 0 Å². The number of esters is 1. The van der Waals surface area contributed by atoms with Gasteiger partial charge in [0.05, 0.1) is 0 Å². The fourth-order valence-corrected chi connectivity index (χ4v) is 3.72. The third-order valence-corrected chi connectivity index (χ3v) is 4.98. The minimum Gasteiger partial charge on any atom is -0.451 e. The van der Waals surface area contributed by atoms with Crippen molar-refractivity contribution in [3.05, 3.63) is 33.2 Å². The van der Waals surface area contributed by atoms with Crippen LogP contribution in [-0.4, -0.2) is 23.6 Å². The predicted molar refractivity (Wildman–Crippen MR) is 85.7 cm³/mol. The Kier molecular flexibility index (Phi) is 4.47. The van der Waals surface area contributed by atoms with Crippen LogP contribution in [0.3, 0.4) is 0 Å². The zero-order valence-electron chi connectivity index (χ0n) is 13.0. The number of carbonyl (C=O) groups is 2. The second kappa shape index (κ2) is 6.54. The Bertz CT molecular complexity index is 734. The summed E-state index contributed by atoms with van der Waals surface area (Å²) in [4.78, 5) is 25.6. The Balaban J connectivity index is 1.54. The standard InChI is InChI=1S/C16H18N2O4S/c1-9-3-4-12-11(5-9)7-13(23-12)16(20)21-8-15(19)17-14-6-10(2)22-18-14/h6-7,9H,3-5,8H2,1-2H3,(H,17,18,19)/t9-/m1/s1. The molecule has 0 aromatic carbocycles. The van der Waals surface area contributed by atoms with Gasteiger partial charge in [-0.05, 0) is 43.7 Å². The molecule has 122 valence electrons. The molecule has 2 heterocycles. The second-order valence-electron chi connectivity index (χ2n) is 5.85. The van der Waals surface area contributed by atoms with E-state index in [9.17, 15) is 9.59 Å². The predicted octanol–water partition coefficient (Wildman–Crippen LogP) is 2.96. The molecule has 3 rings (SSSR count). The van der Waals surface area contributed by atoms with Crippen molar-refractivity contribution in [2.24, 2.45) is 5.92 Å². The first-order valence-corrected chi connectivity index (χ1v) is 8.35. The average molecular weight is 334 g/mol. The van der Waals surface area contributed by atoms with Gasteiger partial charge < -0.3 is 14.6 Å². The minimum atomic E-state index is -0.455. The van der Waals surface area contributed by atoms with Crippen LogP contribution < -0.4 is 5.32 Å². The van der Waals surface area contributed by atoms with Crippen LogP contribution in [0.1, 0.15) is 39.2 Å². The molecule has 6 nitrogen and oxygen atoms in total. The first kappa shape index (κ1) is 15.7. The highest BCUT2D eigenvalue weighted by Gasteiger charge is 2.21. The van der Waals surface area contributed by atoms with Crippen molar-refractivity contribution in [1.29, 1.82) is 0 Å². The molecule has 1 aliphatic carbocycles. The molecule has 0 unspecified atom stereocenters. The van der Waals surface area contributed by atoms with E-state index < -0.39 is 11.9 Å². The van der Waals surface area contributed by atoms with Crippen molar-refractivity contribution in [2.75, 3.05) is 11.9 Å². The molecule has 0 fully saturated rings. The van der Waals surface area contributed by atoms with E-state index in [1.54, 1.807) is 13.0 Å². The van der Waals surface area contributed by atoms with Gasteiger partial charge in [0, 0.05) is 10.9 Å². The molecule has 1 amide bonds. The zero-order chi connectivity index (χ0) is 16.4. The minimum absolute atomic E-state index is 0.309. The van der Waals surface area contributed by atoms with E-state index in [1.807, 2.05) is 6.07 Å². The molecule has 0 spiro atoms. The summed E-state index contributed by atoms with van der Waals surface area (Å²) in [5.74, 6) is 0.655. The molecule has 0 aliphatic heterocycles. The fraction of sp³-hybridized carbons (Fsp3) is 0.438. The van der Waals surface area contributed by atoms with Crippen LogP contribution in [0.15, 0.2) is 16.7 Å². The van der Waals surface area contributed by atoms with Crippen LogP contribution in [0.5, 0.6) is 0 Å². The zero-order valence-corrected chi connectivity index (χ0v) is 13.9. The number of rotatable bonds is 4. The van der Waals surface area contributed by atoms with Crippen molar-refractivity contribution >= 4 is 29.0 Å². The lowest BCUT2D eigenvalue weighted by molar-refractivity contribution is -0.119. The maximum atomic E-state index is 12.1. The summed E-state index contributed by atoms with van der Waals surface area (Å²) in [7, 11) is 0. The summed E-state index contributed by atoms with van der Waals surface area (Å²) in [6.07, 6.45) is 3.17. The molecule has 7 heteroatoms. The lowest BCUT2D eigenvalue weighted by atomic mass is 9.90. The van der Waals surface area contributed by atoms with E-state index in [1.165, 1.54) is 21.8 Å². The number of aromatic nitrogens is 1. The van der Waals surface area contributed by atoms with Crippen molar-refractivity contribution < 1.29 is 18.8 Å². The van der Waals surface area contributed by atoms with Crippen LogP contribution in [0, 0.1) is 12.8 Å².